The highest BCUT2D eigenvalue weighted by atomic mass is 15.2. The van der Waals surface area contributed by atoms with Gasteiger partial charge < -0.3 is 16.0 Å². The summed E-state index contributed by atoms with van der Waals surface area (Å²) >= 11 is 0. The zero-order valence-corrected chi connectivity index (χ0v) is 39.5. The van der Waals surface area contributed by atoms with Gasteiger partial charge in [-0.1, -0.05) is 231 Å². The Kier molecular flexibility index (Phi) is 41.9. The Morgan fingerprint density at radius 1 is 0.579 bits per heavy atom. The van der Waals surface area contributed by atoms with Crippen LogP contribution in [0.1, 0.15) is 221 Å². The van der Waals surface area contributed by atoms with E-state index < -0.39 is 0 Å². The van der Waals surface area contributed by atoms with E-state index in [0.29, 0.717) is 0 Å². The number of hydrogen-bond donors (Lipinski definition) is 2. The van der Waals surface area contributed by atoms with Crippen molar-refractivity contribution in [1.29, 1.82) is 0 Å². The summed E-state index contributed by atoms with van der Waals surface area (Å²) in [6.45, 7) is 14.0. The van der Waals surface area contributed by atoms with Crippen LogP contribution in [0.15, 0.2) is 66.8 Å². The summed E-state index contributed by atoms with van der Waals surface area (Å²) in [4.78, 5) is 2.36. The molecule has 2 aliphatic rings. The smallest absolute Gasteiger partial charge is 0.0320 e. The van der Waals surface area contributed by atoms with Gasteiger partial charge in [0.1, 0.15) is 0 Å². The van der Waals surface area contributed by atoms with Gasteiger partial charge in [0.25, 0.3) is 0 Å². The molecule has 0 radical (unpaired) electrons. The SMILES string of the molecule is C1CCC1.CCC1CN(C)C1.CCCCC/C=C\C/C=C\CCCCCCCC.CCCCCCCC(CCCCCCC)NC.Nc1ccc2ccccc2c1. The first-order valence-electron chi connectivity index (χ1n) is 24.8. The van der Waals surface area contributed by atoms with E-state index in [4.69, 9.17) is 5.73 Å². The summed E-state index contributed by atoms with van der Waals surface area (Å²) in [7, 11) is 4.30. The molecule has 1 aliphatic carbocycles. The molecule has 2 aromatic rings. The number of nitrogens with one attached hydrogen (secondary N) is 1. The van der Waals surface area contributed by atoms with Crippen molar-refractivity contribution in [2.75, 3.05) is 32.9 Å². The maximum atomic E-state index is 5.62. The minimum atomic E-state index is 0.776. The van der Waals surface area contributed by atoms with Crippen LogP contribution in [0.25, 0.3) is 10.8 Å². The highest BCUT2D eigenvalue weighted by Gasteiger charge is 2.20. The summed E-state index contributed by atoms with van der Waals surface area (Å²) < 4.78 is 0. The average molecular weight is 790 g/mol. The van der Waals surface area contributed by atoms with Gasteiger partial charge in [0.2, 0.25) is 0 Å². The normalized spacial score (nSPS) is 13.8. The number of unbranched alkanes of at least 4 members (excludes halogenated alkanes) is 17. The standard InChI is InChI=1S/C18H34.C16H35N.C10H9N.C6H13N.C4H8/c1-3-5-7-9-11-13-15-17-18-16-14-12-10-8-6-4-2;1-4-6-8-10-12-14-16(17-3)15-13-11-9-7-5-2;11-10-6-5-8-3-1-2-4-9(8)7-10;1-3-6-4-7(2)5-6;1-2-4-3-1/h11,13,17-18H,3-10,12,14-16H2,1-2H3;16-17H,4-15H2,1-3H3;1-7H,11H2;6H,3-5H2,1-2H3;1-4H2/b13-11-,18-17-;;;;. The molecule has 1 saturated heterocycles. The van der Waals surface area contributed by atoms with Gasteiger partial charge in [-0.05, 0) is 87.9 Å². The first-order chi connectivity index (χ1) is 27.9. The fourth-order valence-electron chi connectivity index (χ4n) is 7.03. The summed E-state index contributed by atoms with van der Waals surface area (Å²) in [5.74, 6) is 1.02. The van der Waals surface area contributed by atoms with Crippen molar-refractivity contribution in [3.8, 4) is 0 Å². The van der Waals surface area contributed by atoms with E-state index in [2.05, 4.69) is 95.4 Å². The monoisotopic (exact) mass is 790 g/mol. The van der Waals surface area contributed by atoms with Crippen LogP contribution >= 0.6 is 0 Å². The number of nitrogen functional groups attached to an aromatic ring is 1. The van der Waals surface area contributed by atoms with Gasteiger partial charge in [0.15, 0.2) is 0 Å². The first kappa shape index (κ1) is 54.9. The molecule has 0 bridgehead atoms. The highest BCUT2D eigenvalue weighted by Crippen LogP contribution is 2.17. The number of benzene rings is 2. The molecule has 0 amide bonds. The number of fused-ring (bicyclic) bond motifs is 1. The molecule has 1 saturated carbocycles. The van der Waals surface area contributed by atoms with Crippen molar-refractivity contribution in [2.45, 2.75) is 227 Å². The molecule has 0 aromatic heterocycles. The fraction of sp³-hybridized carbons (Fsp3) is 0.741. The lowest BCUT2D eigenvalue weighted by Gasteiger charge is -2.35. The number of allylic oxidation sites excluding steroid dienone is 4. The Balaban J connectivity index is 0.000000735. The molecule has 3 N–H and O–H groups in total. The molecule has 1 heterocycles. The van der Waals surface area contributed by atoms with Crippen molar-refractivity contribution < 1.29 is 0 Å². The average Bonchev–Trinajstić information content (AvgIpc) is 3.19. The number of nitrogens with two attached hydrogens (primary N) is 1. The lowest BCUT2D eigenvalue weighted by Crippen LogP contribution is -2.42. The Labute approximate surface area is 357 Å². The lowest BCUT2D eigenvalue weighted by molar-refractivity contribution is 0.131. The van der Waals surface area contributed by atoms with Crippen molar-refractivity contribution in [1.82, 2.24) is 10.2 Å². The lowest BCUT2D eigenvalue weighted by atomic mass is 9.99. The largest absolute Gasteiger partial charge is 0.399 e. The van der Waals surface area contributed by atoms with Crippen molar-refractivity contribution in [2.24, 2.45) is 5.92 Å². The highest BCUT2D eigenvalue weighted by molar-refractivity contribution is 5.85. The van der Waals surface area contributed by atoms with Crippen LogP contribution in [0.4, 0.5) is 5.69 Å². The zero-order valence-electron chi connectivity index (χ0n) is 39.5. The third-order valence-electron chi connectivity index (χ3n) is 11.5. The van der Waals surface area contributed by atoms with Crippen LogP contribution in [0, 0.1) is 5.92 Å². The Hall–Kier alpha value is -2.10. The van der Waals surface area contributed by atoms with E-state index in [0.717, 1.165) is 24.1 Å². The van der Waals surface area contributed by atoms with E-state index in [9.17, 15) is 0 Å². The molecule has 0 unspecified atom stereocenters. The Morgan fingerprint density at radius 3 is 1.46 bits per heavy atom. The van der Waals surface area contributed by atoms with E-state index in [-0.39, 0.29) is 0 Å². The second-order valence-electron chi connectivity index (χ2n) is 17.1. The number of nitrogens with zero attached hydrogens (tertiary/aromatic N) is 1. The Bertz CT molecular complexity index is 1110. The van der Waals surface area contributed by atoms with E-state index in [1.807, 2.05) is 30.3 Å². The molecular weight excluding hydrogens is 691 g/mol. The van der Waals surface area contributed by atoms with Crippen LogP contribution in [-0.2, 0) is 0 Å². The van der Waals surface area contributed by atoms with Crippen LogP contribution in [0.2, 0.25) is 0 Å². The molecule has 0 spiro atoms. The van der Waals surface area contributed by atoms with Gasteiger partial charge in [-0.15, -0.1) is 0 Å². The second kappa shape index (κ2) is 43.5. The summed E-state index contributed by atoms with van der Waals surface area (Å²) in [6, 6.07) is 14.9. The van der Waals surface area contributed by atoms with Crippen LogP contribution in [0.3, 0.4) is 0 Å². The van der Waals surface area contributed by atoms with Gasteiger partial charge in [-0.3, -0.25) is 0 Å². The second-order valence-corrected chi connectivity index (χ2v) is 17.1. The molecule has 2 aromatic carbocycles. The van der Waals surface area contributed by atoms with Gasteiger partial charge in [0.05, 0.1) is 0 Å². The topological polar surface area (TPSA) is 41.3 Å². The van der Waals surface area contributed by atoms with E-state index in [1.165, 1.54) is 204 Å². The van der Waals surface area contributed by atoms with E-state index >= 15 is 0 Å². The predicted octanol–water partition coefficient (Wildman–Crippen LogP) is 17.1. The summed E-state index contributed by atoms with van der Waals surface area (Å²) in [5, 5.41) is 5.92. The molecule has 4 rings (SSSR count). The molecular formula is C54H99N3. The van der Waals surface area contributed by atoms with Gasteiger partial charge >= 0.3 is 0 Å². The number of anilines is 1. The molecule has 1 aliphatic heterocycles. The first-order valence-corrected chi connectivity index (χ1v) is 24.8. The molecule has 0 atom stereocenters. The number of rotatable bonds is 27. The maximum Gasteiger partial charge on any atom is 0.0320 e. The minimum Gasteiger partial charge on any atom is -0.399 e. The molecule has 3 nitrogen and oxygen atoms in total. The van der Waals surface area contributed by atoms with Gasteiger partial charge in [-0.25, -0.2) is 0 Å². The van der Waals surface area contributed by atoms with Crippen LogP contribution in [-0.4, -0.2) is 38.1 Å². The van der Waals surface area contributed by atoms with Crippen molar-refractivity contribution in [3.05, 3.63) is 66.8 Å². The zero-order chi connectivity index (χ0) is 41.9. The van der Waals surface area contributed by atoms with Gasteiger partial charge in [-0.2, -0.15) is 0 Å². The third kappa shape index (κ3) is 36.7. The molecule has 330 valence electrons. The predicted molar refractivity (Wildman–Crippen MR) is 263 cm³/mol. The third-order valence-corrected chi connectivity index (χ3v) is 11.5. The van der Waals surface area contributed by atoms with Crippen LogP contribution in [0.5, 0.6) is 0 Å². The van der Waals surface area contributed by atoms with Crippen molar-refractivity contribution >= 4 is 16.5 Å². The van der Waals surface area contributed by atoms with Crippen molar-refractivity contribution in [3.63, 3.8) is 0 Å². The molecule has 57 heavy (non-hydrogen) atoms. The minimum absolute atomic E-state index is 0.776. The Morgan fingerprint density at radius 2 is 1.02 bits per heavy atom. The fourth-order valence-corrected chi connectivity index (χ4v) is 7.03. The molecule has 2 fully saturated rings. The molecule has 3 heteroatoms. The van der Waals surface area contributed by atoms with E-state index in [1.54, 1.807) is 0 Å². The quantitative estimate of drug-likeness (QED) is 0.0538. The number of hydrogen-bond acceptors (Lipinski definition) is 3. The summed E-state index contributed by atoms with van der Waals surface area (Å²) in [5.41, 5.74) is 6.45. The van der Waals surface area contributed by atoms with Gasteiger partial charge in [0, 0.05) is 24.8 Å². The summed E-state index contributed by atoms with van der Waals surface area (Å²) in [6.07, 6.45) is 49.7. The van der Waals surface area contributed by atoms with Crippen LogP contribution < -0.4 is 11.1 Å². The maximum absolute atomic E-state index is 5.62. The number of likely N-dealkylation sites (tertiary alicyclic amines) is 1.